The molecular formula is C26H24F3N. The van der Waals surface area contributed by atoms with Crippen LogP contribution >= 0.6 is 0 Å². The molecule has 0 saturated heterocycles. The zero-order valence-corrected chi connectivity index (χ0v) is 17.0. The van der Waals surface area contributed by atoms with E-state index < -0.39 is 23.0 Å². The van der Waals surface area contributed by atoms with Crippen molar-refractivity contribution < 1.29 is 13.2 Å². The van der Waals surface area contributed by atoms with Gasteiger partial charge in [0.05, 0.1) is 0 Å². The zero-order chi connectivity index (χ0) is 21.3. The van der Waals surface area contributed by atoms with Gasteiger partial charge in [0, 0.05) is 10.9 Å². The van der Waals surface area contributed by atoms with Gasteiger partial charge in [-0.1, -0.05) is 50.1 Å². The normalized spacial score (nSPS) is 19.0. The third kappa shape index (κ3) is 3.81. The molecule has 3 aromatic carbocycles. The Morgan fingerprint density at radius 3 is 2.27 bits per heavy atom. The van der Waals surface area contributed by atoms with Crippen LogP contribution in [0.1, 0.15) is 62.5 Å². The molecule has 1 aliphatic carbocycles. The van der Waals surface area contributed by atoms with Crippen molar-refractivity contribution in [1.29, 1.82) is 5.26 Å². The molecule has 0 N–H and O–H groups in total. The van der Waals surface area contributed by atoms with Crippen LogP contribution in [0.2, 0.25) is 0 Å². The highest BCUT2D eigenvalue weighted by molar-refractivity contribution is 5.89. The van der Waals surface area contributed by atoms with Gasteiger partial charge in [-0.3, -0.25) is 0 Å². The SMILES string of the molecule is CCC[C@H]1CC[C@H](c2ccc3c(F)c(-c4cc(F)c(C#N)c(F)c4)ccc3c2)CC1. The maximum atomic E-state index is 15.2. The van der Waals surface area contributed by atoms with Gasteiger partial charge in [-0.15, -0.1) is 0 Å². The minimum absolute atomic E-state index is 0.0849. The molecule has 154 valence electrons. The second kappa shape index (κ2) is 8.52. The summed E-state index contributed by atoms with van der Waals surface area (Å²) in [6.45, 7) is 2.23. The number of hydrogen-bond acceptors (Lipinski definition) is 1. The Morgan fingerprint density at radius 1 is 0.933 bits per heavy atom. The van der Waals surface area contributed by atoms with E-state index in [1.165, 1.54) is 50.2 Å². The van der Waals surface area contributed by atoms with Gasteiger partial charge in [-0.2, -0.15) is 5.26 Å². The number of fused-ring (bicyclic) bond motifs is 1. The molecule has 1 fully saturated rings. The largest absolute Gasteiger partial charge is 0.206 e. The van der Waals surface area contributed by atoms with E-state index in [4.69, 9.17) is 5.26 Å². The monoisotopic (exact) mass is 407 g/mol. The summed E-state index contributed by atoms with van der Waals surface area (Å²) >= 11 is 0. The predicted molar refractivity (Wildman–Crippen MR) is 114 cm³/mol. The van der Waals surface area contributed by atoms with Crippen LogP contribution in [0.3, 0.4) is 0 Å². The lowest BCUT2D eigenvalue weighted by Crippen LogP contribution is -2.13. The number of benzene rings is 3. The third-order valence-electron chi connectivity index (χ3n) is 6.46. The lowest BCUT2D eigenvalue weighted by molar-refractivity contribution is 0.308. The highest BCUT2D eigenvalue weighted by Crippen LogP contribution is 2.39. The maximum absolute atomic E-state index is 15.2. The first-order valence-corrected chi connectivity index (χ1v) is 10.6. The molecule has 4 rings (SSSR count). The van der Waals surface area contributed by atoms with Crippen LogP contribution < -0.4 is 0 Å². The second-order valence-corrected chi connectivity index (χ2v) is 8.34. The van der Waals surface area contributed by atoms with Crippen molar-refractivity contribution in [3.8, 4) is 17.2 Å². The molecule has 0 atom stereocenters. The molecule has 0 aromatic heterocycles. The van der Waals surface area contributed by atoms with Gasteiger partial charge in [0.2, 0.25) is 0 Å². The summed E-state index contributed by atoms with van der Waals surface area (Å²) in [6.07, 6.45) is 7.37. The highest BCUT2D eigenvalue weighted by atomic mass is 19.1. The van der Waals surface area contributed by atoms with E-state index in [9.17, 15) is 8.78 Å². The lowest BCUT2D eigenvalue weighted by Gasteiger charge is -2.28. The van der Waals surface area contributed by atoms with E-state index in [2.05, 4.69) is 6.92 Å². The van der Waals surface area contributed by atoms with Crippen molar-refractivity contribution in [2.24, 2.45) is 5.92 Å². The topological polar surface area (TPSA) is 23.8 Å². The van der Waals surface area contributed by atoms with E-state index in [-0.39, 0.29) is 11.1 Å². The molecule has 1 saturated carbocycles. The number of hydrogen-bond donors (Lipinski definition) is 0. The first-order valence-electron chi connectivity index (χ1n) is 10.6. The standard InChI is InChI=1S/C26H24F3N/c1-2-3-16-4-6-17(7-5-16)18-8-10-21-19(12-18)9-11-22(26(21)29)20-13-24(27)23(15-30)25(28)14-20/h8-14,16-17H,2-7H2,1H3/t16-,17-. The lowest BCUT2D eigenvalue weighted by atomic mass is 9.77. The fourth-order valence-electron chi connectivity index (χ4n) is 4.82. The van der Waals surface area contributed by atoms with Crippen LogP contribution in [0.15, 0.2) is 42.5 Å². The second-order valence-electron chi connectivity index (χ2n) is 8.34. The Bertz CT molecular complexity index is 1100. The van der Waals surface area contributed by atoms with Gasteiger partial charge in [0.25, 0.3) is 0 Å². The molecule has 0 heterocycles. The van der Waals surface area contributed by atoms with Crippen LogP contribution in [0.25, 0.3) is 21.9 Å². The molecule has 0 bridgehead atoms. The summed E-state index contributed by atoms with van der Waals surface area (Å²) in [4.78, 5) is 0. The Hall–Kier alpha value is -2.80. The van der Waals surface area contributed by atoms with Gasteiger partial charge >= 0.3 is 0 Å². The quantitative estimate of drug-likeness (QED) is 0.432. The Kier molecular flexibility index (Phi) is 5.81. The number of halogens is 3. The van der Waals surface area contributed by atoms with Crippen molar-refractivity contribution in [3.63, 3.8) is 0 Å². The molecule has 1 aliphatic rings. The van der Waals surface area contributed by atoms with Gasteiger partial charge in [0.15, 0.2) is 0 Å². The first kappa shape index (κ1) is 20.5. The van der Waals surface area contributed by atoms with Crippen LogP contribution in [-0.4, -0.2) is 0 Å². The summed E-state index contributed by atoms with van der Waals surface area (Å²) in [7, 11) is 0. The van der Waals surface area contributed by atoms with Gasteiger partial charge in [-0.25, -0.2) is 13.2 Å². The van der Waals surface area contributed by atoms with Crippen molar-refractivity contribution in [1.82, 2.24) is 0 Å². The van der Waals surface area contributed by atoms with Crippen molar-refractivity contribution >= 4 is 10.8 Å². The van der Waals surface area contributed by atoms with Gasteiger partial charge in [0.1, 0.15) is 29.1 Å². The molecule has 30 heavy (non-hydrogen) atoms. The fourth-order valence-corrected chi connectivity index (χ4v) is 4.82. The number of nitrogens with zero attached hydrogens (tertiary/aromatic N) is 1. The molecule has 0 spiro atoms. The zero-order valence-electron chi connectivity index (χ0n) is 17.0. The Balaban J connectivity index is 1.65. The predicted octanol–water partition coefficient (Wildman–Crippen LogP) is 7.87. The van der Waals surface area contributed by atoms with E-state index in [1.807, 2.05) is 12.1 Å². The first-order chi connectivity index (χ1) is 14.5. The van der Waals surface area contributed by atoms with E-state index in [0.717, 1.165) is 23.4 Å². The highest BCUT2D eigenvalue weighted by Gasteiger charge is 2.22. The molecule has 0 amide bonds. The van der Waals surface area contributed by atoms with Crippen molar-refractivity contribution in [2.75, 3.05) is 0 Å². The third-order valence-corrected chi connectivity index (χ3v) is 6.46. The molecule has 4 heteroatoms. The summed E-state index contributed by atoms with van der Waals surface area (Å²) in [5, 5.41) is 10.0. The fraction of sp³-hybridized carbons (Fsp3) is 0.346. The van der Waals surface area contributed by atoms with Crippen molar-refractivity contribution in [3.05, 3.63) is 71.0 Å². The molecule has 0 aliphatic heterocycles. The molecular weight excluding hydrogens is 383 g/mol. The average molecular weight is 407 g/mol. The average Bonchev–Trinajstić information content (AvgIpc) is 2.74. The van der Waals surface area contributed by atoms with E-state index >= 15 is 4.39 Å². The van der Waals surface area contributed by atoms with Crippen LogP contribution in [0, 0.1) is 34.7 Å². The number of nitriles is 1. The summed E-state index contributed by atoms with van der Waals surface area (Å²) in [5.41, 5.74) is 0.789. The van der Waals surface area contributed by atoms with Crippen LogP contribution in [-0.2, 0) is 0 Å². The summed E-state index contributed by atoms with van der Waals surface area (Å²) in [5.74, 6) is -1.14. The molecule has 0 radical (unpaired) electrons. The van der Waals surface area contributed by atoms with Gasteiger partial charge in [-0.05, 0) is 66.2 Å². The Labute approximate surface area is 175 Å². The van der Waals surface area contributed by atoms with Crippen LogP contribution in [0.4, 0.5) is 13.2 Å². The van der Waals surface area contributed by atoms with Crippen LogP contribution in [0.5, 0.6) is 0 Å². The minimum atomic E-state index is -0.985. The van der Waals surface area contributed by atoms with E-state index in [0.29, 0.717) is 11.3 Å². The van der Waals surface area contributed by atoms with E-state index in [1.54, 1.807) is 18.2 Å². The van der Waals surface area contributed by atoms with Gasteiger partial charge < -0.3 is 0 Å². The smallest absolute Gasteiger partial charge is 0.144 e. The summed E-state index contributed by atoms with van der Waals surface area (Å²) < 4.78 is 43.2. The molecule has 1 nitrogen and oxygen atoms in total. The number of rotatable bonds is 4. The minimum Gasteiger partial charge on any atom is -0.206 e. The van der Waals surface area contributed by atoms with Crippen molar-refractivity contribution in [2.45, 2.75) is 51.4 Å². The Morgan fingerprint density at radius 2 is 1.63 bits per heavy atom. The molecule has 3 aromatic rings. The molecule has 0 unspecified atom stereocenters. The summed E-state index contributed by atoms with van der Waals surface area (Å²) in [6, 6.07) is 12.7. The maximum Gasteiger partial charge on any atom is 0.144 e.